The summed E-state index contributed by atoms with van der Waals surface area (Å²) in [6.45, 7) is 10.3. The molecule has 8 nitrogen and oxygen atoms in total. The number of nitrogens with zero attached hydrogens (tertiary/aromatic N) is 4. The van der Waals surface area contributed by atoms with Crippen molar-refractivity contribution in [2.24, 2.45) is 0 Å². The number of piperazine rings is 1. The van der Waals surface area contributed by atoms with Gasteiger partial charge in [-0.25, -0.2) is 0 Å². The quantitative estimate of drug-likeness (QED) is 0.455. The molecular weight excluding hydrogens is 502 g/mol. The summed E-state index contributed by atoms with van der Waals surface area (Å²) in [6.07, 6.45) is 0. The molecule has 0 saturated carbocycles. The number of amides is 2. The molecule has 40 heavy (non-hydrogen) atoms. The van der Waals surface area contributed by atoms with Crippen molar-refractivity contribution in [1.82, 2.24) is 9.80 Å². The molecule has 0 bridgehead atoms. The van der Waals surface area contributed by atoms with Crippen LogP contribution in [0.5, 0.6) is 5.75 Å². The Labute approximate surface area is 237 Å². The van der Waals surface area contributed by atoms with E-state index in [0.717, 1.165) is 60.2 Å². The second kappa shape index (κ2) is 11.6. The van der Waals surface area contributed by atoms with Crippen LogP contribution in [0.4, 0.5) is 22.7 Å². The summed E-state index contributed by atoms with van der Waals surface area (Å²) in [5, 5.41) is 3.48. The van der Waals surface area contributed by atoms with Gasteiger partial charge in [-0.3, -0.25) is 14.5 Å². The molecule has 0 aromatic heterocycles. The molecule has 1 N–H and O–H groups in total. The highest BCUT2D eigenvalue weighted by atomic mass is 16.5. The molecule has 0 spiro atoms. The van der Waals surface area contributed by atoms with E-state index in [4.69, 9.17) is 4.74 Å². The van der Waals surface area contributed by atoms with E-state index < -0.39 is 0 Å². The number of rotatable bonds is 7. The molecular formula is C32H39N5O3. The number of methoxy groups -OCH3 is 1. The Bertz CT molecular complexity index is 1350. The maximum atomic E-state index is 13.1. The Morgan fingerprint density at radius 3 is 2.20 bits per heavy atom. The summed E-state index contributed by atoms with van der Waals surface area (Å²) in [7, 11) is 3.48. The lowest BCUT2D eigenvalue weighted by Gasteiger charge is -2.40. The van der Waals surface area contributed by atoms with Gasteiger partial charge in [0.25, 0.3) is 5.91 Å². The van der Waals surface area contributed by atoms with Crippen molar-refractivity contribution in [3.05, 3.63) is 77.9 Å². The molecule has 2 aliphatic heterocycles. The van der Waals surface area contributed by atoms with Gasteiger partial charge in [-0.1, -0.05) is 12.1 Å². The zero-order valence-corrected chi connectivity index (χ0v) is 24.1. The number of nitrogens with one attached hydrogen (secondary N) is 1. The van der Waals surface area contributed by atoms with Crippen LogP contribution in [0.15, 0.2) is 66.7 Å². The van der Waals surface area contributed by atoms with Gasteiger partial charge >= 0.3 is 0 Å². The lowest BCUT2D eigenvalue weighted by molar-refractivity contribution is -0.119. The van der Waals surface area contributed by atoms with Crippen LogP contribution >= 0.6 is 0 Å². The van der Waals surface area contributed by atoms with E-state index >= 15 is 0 Å². The maximum Gasteiger partial charge on any atom is 0.253 e. The van der Waals surface area contributed by atoms with Gasteiger partial charge in [-0.2, -0.15) is 0 Å². The Balaban J connectivity index is 1.31. The molecule has 8 heteroatoms. The van der Waals surface area contributed by atoms with Crippen molar-refractivity contribution in [3.63, 3.8) is 0 Å². The minimum absolute atomic E-state index is 0.0626. The molecule has 1 fully saturated rings. The molecule has 210 valence electrons. The minimum atomic E-state index is -0.303. The predicted octanol–water partition coefficient (Wildman–Crippen LogP) is 4.98. The lowest BCUT2D eigenvalue weighted by Crippen LogP contribution is -2.50. The number of hydrogen-bond donors (Lipinski definition) is 1. The highest BCUT2D eigenvalue weighted by Crippen LogP contribution is 2.39. The fourth-order valence-electron chi connectivity index (χ4n) is 5.49. The third kappa shape index (κ3) is 5.63. The van der Waals surface area contributed by atoms with Crippen molar-refractivity contribution in [2.75, 3.05) is 55.5 Å². The number of carbonyl (C=O) groups is 2. The van der Waals surface area contributed by atoms with E-state index in [9.17, 15) is 9.59 Å². The van der Waals surface area contributed by atoms with Crippen LogP contribution in [0.2, 0.25) is 0 Å². The fraction of sp³-hybridized carbons (Fsp3) is 0.375. The molecule has 5 rings (SSSR count). The van der Waals surface area contributed by atoms with Gasteiger partial charge in [-0.05, 0) is 80.9 Å². The first-order valence-electron chi connectivity index (χ1n) is 14.0. The van der Waals surface area contributed by atoms with Gasteiger partial charge in [0, 0.05) is 62.8 Å². The summed E-state index contributed by atoms with van der Waals surface area (Å²) in [4.78, 5) is 34.3. The number of carbonyl (C=O) groups excluding carboxylic acids is 2. The average molecular weight is 542 g/mol. The van der Waals surface area contributed by atoms with Crippen molar-refractivity contribution >= 4 is 34.6 Å². The normalized spacial score (nSPS) is 17.7. The standard InChI is InChI=1S/C32H39N5O3/c1-22(2)35-16-18-36(19-17-35)32(39)25-8-10-26(11-9-25)33-27-12-15-29-30(20-27)37(23(3)31(38)34(29)4)21-24-6-13-28(40-5)14-7-24/h6-15,20,22-23,33H,16-19,21H2,1-5H3/t23-/m1/s1. The maximum absolute atomic E-state index is 13.1. The number of likely N-dealkylation sites (N-methyl/N-ethyl adjacent to an activating group) is 1. The molecule has 0 radical (unpaired) electrons. The van der Waals surface area contributed by atoms with E-state index in [1.807, 2.05) is 79.5 Å². The fourth-order valence-corrected chi connectivity index (χ4v) is 5.49. The summed E-state index contributed by atoms with van der Waals surface area (Å²) in [5.41, 5.74) is 5.48. The molecule has 0 aliphatic carbocycles. The van der Waals surface area contributed by atoms with Crippen LogP contribution in [-0.2, 0) is 11.3 Å². The lowest BCUT2D eigenvalue weighted by atomic mass is 10.0. The van der Waals surface area contributed by atoms with Gasteiger partial charge in [0.15, 0.2) is 0 Å². The number of anilines is 4. The van der Waals surface area contributed by atoms with Crippen LogP contribution in [0.3, 0.4) is 0 Å². The number of hydrogen-bond acceptors (Lipinski definition) is 6. The summed E-state index contributed by atoms with van der Waals surface area (Å²) in [6, 6.07) is 21.9. The van der Waals surface area contributed by atoms with Gasteiger partial charge in [0.2, 0.25) is 5.91 Å². The Morgan fingerprint density at radius 2 is 1.57 bits per heavy atom. The number of ether oxygens (including phenoxy) is 1. The van der Waals surface area contributed by atoms with Crippen molar-refractivity contribution in [2.45, 2.75) is 39.4 Å². The van der Waals surface area contributed by atoms with E-state index in [1.54, 1.807) is 12.0 Å². The Hall–Kier alpha value is -4.04. The first-order chi connectivity index (χ1) is 19.2. The zero-order chi connectivity index (χ0) is 28.4. The van der Waals surface area contributed by atoms with E-state index in [1.165, 1.54) is 0 Å². The zero-order valence-electron chi connectivity index (χ0n) is 24.1. The van der Waals surface area contributed by atoms with Gasteiger partial charge in [-0.15, -0.1) is 0 Å². The molecule has 3 aromatic carbocycles. The molecule has 1 atom stereocenters. The molecule has 2 aliphatic rings. The largest absolute Gasteiger partial charge is 0.497 e. The predicted molar refractivity (Wildman–Crippen MR) is 161 cm³/mol. The molecule has 2 heterocycles. The van der Waals surface area contributed by atoms with Gasteiger partial charge in [0.05, 0.1) is 18.5 Å². The third-order valence-electron chi connectivity index (χ3n) is 8.07. The first kappa shape index (κ1) is 27.5. The van der Waals surface area contributed by atoms with Crippen LogP contribution in [0.25, 0.3) is 0 Å². The van der Waals surface area contributed by atoms with Crippen molar-refractivity contribution in [1.29, 1.82) is 0 Å². The van der Waals surface area contributed by atoms with E-state index in [2.05, 4.69) is 35.0 Å². The highest BCUT2D eigenvalue weighted by molar-refractivity contribution is 6.05. The molecule has 1 saturated heterocycles. The van der Waals surface area contributed by atoms with Crippen LogP contribution in [-0.4, -0.2) is 74.0 Å². The summed E-state index contributed by atoms with van der Waals surface area (Å²) in [5.74, 6) is 0.951. The van der Waals surface area contributed by atoms with Gasteiger partial charge < -0.3 is 24.8 Å². The topological polar surface area (TPSA) is 68.4 Å². The first-order valence-corrected chi connectivity index (χ1v) is 14.0. The third-order valence-corrected chi connectivity index (χ3v) is 8.07. The smallest absolute Gasteiger partial charge is 0.253 e. The highest BCUT2D eigenvalue weighted by Gasteiger charge is 2.33. The SMILES string of the molecule is COc1ccc(CN2c3cc(Nc4ccc(C(=O)N5CCN(C(C)C)CC5)cc4)ccc3N(C)C(=O)[C@H]2C)cc1. The number of benzene rings is 3. The molecule has 2 amide bonds. The second-order valence-electron chi connectivity index (χ2n) is 10.9. The van der Waals surface area contributed by atoms with Crippen molar-refractivity contribution in [3.8, 4) is 5.75 Å². The van der Waals surface area contributed by atoms with Gasteiger partial charge in [0.1, 0.15) is 11.8 Å². The minimum Gasteiger partial charge on any atom is -0.497 e. The van der Waals surface area contributed by atoms with Crippen LogP contribution in [0.1, 0.15) is 36.7 Å². The van der Waals surface area contributed by atoms with E-state index in [0.29, 0.717) is 18.2 Å². The molecule has 0 unspecified atom stereocenters. The van der Waals surface area contributed by atoms with Crippen molar-refractivity contribution < 1.29 is 14.3 Å². The second-order valence-corrected chi connectivity index (χ2v) is 10.9. The Morgan fingerprint density at radius 1 is 0.925 bits per heavy atom. The van der Waals surface area contributed by atoms with E-state index in [-0.39, 0.29) is 17.9 Å². The van der Waals surface area contributed by atoms with Crippen LogP contribution in [0, 0.1) is 0 Å². The summed E-state index contributed by atoms with van der Waals surface area (Å²) >= 11 is 0. The number of fused-ring (bicyclic) bond motifs is 1. The van der Waals surface area contributed by atoms with Crippen LogP contribution < -0.4 is 19.9 Å². The monoisotopic (exact) mass is 541 g/mol. The Kier molecular flexibility index (Phi) is 7.98. The summed E-state index contributed by atoms with van der Waals surface area (Å²) < 4.78 is 5.30. The molecule has 3 aromatic rings. The average Bonchev–Trinajstić information content (AvgIpc) is 2.98.